The molecule has 0 bridgehead atoms. The van der Waals surface area contributed by atoms with Crippen LogP contribution in [0.25, 0.3) is 33.1 Å². The van der Waals surface area contributed by atoms with E-state index in [0.29, 0.717) is 6.54 Å². The van der Waals surface area contributed by atoms with Crippen molar-refractivity contribution in [3.8, 4) is 11.3 Å². The van der Waals surface area contributed by atoms with E-state index in [1.165, 1.54) is 23.4 Å². The van der Waals surface area contributed by atoms with E-state index in [2.05, 4.69) is 52.1 Å². The summed E-state index contributed by atoms with van der Waals surface area (Å²) >= 11 is 0. The molecule has 2 aromatic heterocycles. The van der Waals surface area contributed by atoms with E-state index in [-0.39, 0.29) is 17.9 Å². The fraction of sp³-hybridized carbons (Fsp3) is 0.433. The summed E-state index contributed by atoms with van der Waals surface area (Å²) in [5.74, 6) is 0.569. The number of H-pyrrole nitrogens is 1. The number of anilines is 1. The Morgan fingerprint density at radius 1 is 1.18 bits per heavy atom. The van der Waals surface area contributed by atoms with Crippen molar-refractivity contribution in [3.05, 3.63) is 48.4 Å². The number of ether oxygens (including phenoxy) is 1. The van der Waals surface area contributed by atoms with Gasteiger partial charge in [0.25, 0.3) is 0 Å². The van der Waals surface area contributed by atoms with Crippen LogP contribution in [0.4, 0.5) is 10.5 Å². The second-order valence-electron chi connectivity index (χ2n) is 10.7. The molecule has 1 aliphatic rings. The molecule has 206 valence electrons. The molecule has 0 aliphatic carbocycles. The first-order valence-electron chi connectivity index (χ1n) is 13.8. The average molecular weight is 531 g/mol. The zero-order chi connectivity index (χ0) is 27.7. The third kappa shape index (κ3) is 5.05. The van der Waals surface area contributed by atoms with Crippen molar-refractivity contribution < 1.29 is 14.3 Å². The molecule has 0 unspecified atom stereocenters. The van der Waals surface area contributed by atoms with Gasteiger partial charge in [-0.05, 0) is 43.4 Å². The molecule has 2 amide bonds. The van der Waals surface area contributed by atoms with Crippen LogP contribution in [-0.2, 0) is 16.1 Å². The molecule has 0 saturated carbocycles. The molecule has 1 aliphatic heterocycles. The molecule has 9 nitrogen and oxygen atoms in total. The number of rotatable bonds is 8. The van der Waals surface area contributed by atoms with Crippen LogP contribution in [-0.4, -0.2) is 51.1 Å². The number of hydrogen-bond acceptors (Lipinski definition) is 5. The molecule has 1 fully saturated rings. The number of amides is 2. The number of nitrogen functional groups attached to an aromatic ring is 1. The topological polar surface area (TPSA) is 118 Å². The summed E-state index contributed by atoms with van der Waals surface area (Å²) in [6, 6.07) is 11.8. The van der Waals surface area contributed by atoms with E-state index in [1.807, 2.05) is 31.0 Å². The van der Waals surface area contributed by atoms with Crippen molar-refractivity contribution in [1.29, 1.82) is 0 Å². The molecule has 5 rings (SSSR count). The number of benzene rings is 2. The standard InChI is InChI=1S/C30H38N6O3/c1-5-6-13-35-25-15-19(9-11-21(25)22-12-10-20(31)16-26(22)35)23-17-32-28(33-23)24-8-7-14-36(24)29(37)27(18(2)3)34-30(38)39-4/h9-12,15-18,24,27H,5-8,13-14,31H2,1-4H3,(H,32,33)(H,34,38)/t24-,27+/m0/s1. The number of carbonyl (C=O) groups is 2. The van der Waals surface area contributed by atoms with Crippen molar-refractivity contribution >= 4 is 39.5 Å². The summed E-state index contributed by atoms with van der Waals surface area (Å²) in [6.45, 7) is 7.58. The van der Waals surface area contributed by atoms with Gasteiger partial charge in [-0.2, -0.15) is 0 Å². The zero-order valence-corrected chi connectivity index (χ0v) is 23.2. The number of carbonyl (C=O) groups excluding carboxylic acids is 2. The van der Waals surface area contributed by atoms with Crippen LogP contribution in [0.1, 0.15) is 58.3 Å². The molecule has 4 N–H and O–H groups in total. The molecule has 9 heteroatoms. The molecule has 0 radical (unpaired) electrons. The molecule has 4 aromatic rings. The Morgan fingerprint density at radius 2 is 1.92 bits per heavy atom. The van der Waals surface area contributed by atoms with Crippen LogP contribution in [0, 0.1) is 5.92 Å². The number of nitrogens with one attached hydrogen (secondary N) is 2. The first-order valence-corrected chi connectivity index (χ1v) is 13.8. The average Bonchev–Trinajstić information content (AvgIpc) is 3.67. The quantitative estimate of drug-likeness (QED) is 0.256. The predicted molar refractivity (Wildman–Crippen MR) is 154 cm³/mol. The number of aromatic amines is 1. The van der Waals surface area contributed by atoms with Gasteiger partial charge in [-0.25, -0.2) is 9.78 Å². The maximum absolute atomic E-state index is 13.5. The van der Waals surface area contributed by atoms with E-state index in [0.717, 1.165) is 60.5 Å². The molecule has 1 saturated heterocycles. The third-order valence-corrected chi connectivity index (χ3v) is 7.78. The Bertz CT molecular complexity index is 1500. The summed E-state index contributed by atoms with van der Waals surface area (Å²) in [5, 5.41) is 5.11. The Balaban J connectivity index is 1.46. The maximum atomic E-state index is 13.5. The lowest BCUT2D eigenvalue weighted by Crippen LogP contribution is -2.51. The molecular weight excluding hydrogens is 492 g/mol. The highest BCUT2D eigenvalue weighted by Crippen LogP contribution is 2.35. The highest BCUT2D eigenvalue weighted by molar-refractivity contribution is 6.09. The molecule has 0 spiro atoms. The molecular formula is C30H38N6O3. The fourth-order valence-electron chi connectivity index (χ4n) is 5.68. The van der Waals surface area contributed by atoms with E-state index in [1.54, 1.807) is 0 Å². The lowest BCUT2D eigenvalue weighted by Gasteiger charge is -2.30. The van der Waals surface area contributed by atoms with E-state index in [4.69, 9.17) is 15.5 Å². The number of aromatic nitrogens is 3. The predicted octanol–water partition coefficient (Wildman–Crippen LogP) is 5.61. The molecule has 39 heavy (non-hydrogen) atoms. The number of methoxy groups -OCH3 is 1. The Kier molecular flexibility index (Phi) is 7.50. The summed E-state index contributed by atoms with van der Waals surface area (Å²) in [7, 11) is 1.30. The van der Waals surface area contributed by atoms with Gasteiger partial charge < -0.3 is 30.2 Å². The number of likely N-dealkylation sites (tertiary alicyclic amines) is 1. The maximum Gasteiger partial charge on any atom is 0.407 e. The number of aryl methyl sites for hydroxylation is 1. The third-order valence-electron chi connectivity index (χ3n) is 7.78. The van der Waals surface area contributed by atoms with Crippen LogP contribution < -0.4 is 11.1 Å². The Hall–Kier alpha value is -4.01. The summed E-state index contributed by atoms with van der Waals surface area (Å²) in [6.07, 6.45) is 5.13. The molecule has 2 atom stereocenters. The highest BCUT2D eigenvalue weighted by atomic mass is 16.5. The largest absolute Gasteiger partial charge is 0.453 e. The van der Waals surface area contributed by atoms with Crippen molar-refractivity contribution in [2.75, 3.05) is 19.4 Å². The van der Waals surface area contributed by atoms with Crippen LogP contribution >= 0.6 is 0 Å². The van der Waals surface area contributed by atoms with E-state index >= 15 is 0 Å². The van der Waals surface area contributed by atoms with Gasteiger partial charge in [-0.1, -0.05) is 45.4 Å². The second kappa shape index (κ2) is 11.0. The van der Waals surface area contributed by atoms with Gasteiger partial charge in [0.05, 0.1) is 30.6 Å². The first kappa shape index (κ1) is 26.6. The summed E-state index contributed by atoms with van der Waals surface area (Å²) in [5.41, 5.74) is 11.2. The minimum Gasteiger partial charge on any atom is -0.453 e. The molecule has 2 aromatic carbocycles. The van der Waals surface area contributed by atoms with Crippen molar-refractivity contribution in [2.45, 2.75) is 65.1 Å². The van der Waals surface area contributed by atoms with Gasteiger partial charge in [0, 0.05) is 40.6 Å². The van der Waals surface area contributed by atoms with Crippen molar-refractivity contribution in [1.82, 2.24) is 24.8 Å². The lowest BCUT2D eigenvalue weighted by atomic mass is 10.0. The highest BCUT2D eigenvalue weighted by Gasteiger charge is 2.37. The van der Waals surface area contributed by atoms with Crippen LogP contribution in [0.5, 0.6) is 0 Å². The number of alkyl carbamates (subject to hydrolysis) is 1. The van der Waals surface area contributed by atoms with Crippen molar-refractivity contribution in [2.24, 2.45) is 5.92 Å². The van der Waals surface area contributed by atoms with Gasteiger partial charge >= 0.3 is 6.09 Å². The van der Waals surface area contributed by atoms with Crippen LogP contribution in [0.2, 0.25) is 0 Å². The van der Waals surface area contributed by atoms with Gasteiger partial charge in [0.2, 0.25) is 5.91 Å². The Morgan fingerprint density at radius 3 is 2.64 bits per heavy atom. The monoisotopic (exact) mass is 530 g/mol. The van der Waals surface area contributed by atoms with Gasteiger partial charge in [-0.15, -0.1) is 0 Å². The van der Waals surface area contributed by atoms with E-state index in [9.17, 15) is 9.59 Å². The number of nitrogens with two attached hydrogens (primary N) is 1. The van der Waals surface area contributed by atoms with Crippen LogP contribution in [0.3, 0.4) is 0 Å². The first-order chi connectivity index (χ1) is 18.8. The fourth-order valence-corrected chi connectivity index (χ4v) is 5.68. The number of nitrogens with zero attached hydrogens (tertiary/aromatic N) is 3. The molecule has 3 heterocycles. The van der Waals surface area contributed by atoms with E-state index < -0.39 is 12.1 Å². The summed E-state index contributed by atoms with van der Waals surface area (Å²) < 4.78 is 7.11. The normalized spacial score (nSPS) is 16.3. The minimum atomic E-state index is -0.658. The van der Waals surface area contributed by atoms with Gasteiger partial charge in [0.15, 0.2) is 0 Å². The Labute approximate surface area is 228 Å². The zero-order valence-electron chi connectivity index (χ0n) is 23.2. The number of hydrogen-bond donors (Lipinski definition) is 3. The van der Waals surface area contributed by atoms with Gasteiger partial charge in [0.1, 0.15) is 11.9 Å². The number of fused-ring (bicyclic) bond motifs is 3. The smallest absolute Gasteiger partial charge is 0.407 e. The number of unbranched alkanes of at least 4 members (excludes halogenated alkanes) is 1. The number of imidazole rings is 1. The van der Waals surface area contributed by atoms with Crippen LogP contribution in [0.15, 0.2) is 42.6 Å². The minimum absolute atomic E-state index is 0.0773. The SMILES string of the molecule is CCCCn1c2cc(N)ccc2c2ccc(-c3cnc([C@@H]4CCCN4C(=O)[C@H](NC(=O)OC)C(C)C)[nH]3)cc21. The summed E-state index contributed by atoms with van der Waals surface area (Å²) in [4.78, 5) is 35.4. The van der Waals surface area contributed by atoms with Gasteiger partial charge in [-0.3, -0.25) is 4.79 Å². The van der Waals surface area contributed by atoms with Crippen molar-refractivity contribution in [3.63, 3.8) is 0 Å². The lowest BCUT2D eigenvalue weighted by molar-refractivity contribution is -0.135. The second-order valence-corrected chi connectivity index (χ2v) is 10.7.